The Labute approximate surface area is 52.2 Å². The Kier molecular flexibility index (Phi) is 3.04. The third kappa shape index (κ3) is 2.43. The van der Waals surface area contributed by atoms with Crippen molar-refractivity contribution in [3.63, 3.8) is 0 Å². The van der Waals surface area contributed by atoms with E-state index in [4.69, 9.17) is 5.53 Å². The monoisotopic (exact) mass is 127 g/mol. The number of guanidine groups is 1. The lowest BCUT2D eigenvalue weighted by Crippen LogP contribution is -2.08. The van der Waals surface area contributed by atoms with Crippen LogP contribution in [0.1, 0.15) is 0 Å². The fourth-order valence-electron chi connectivity index (χ4n) is 0.253. The standard InChI is InChI=1S/C4H7N4O/c1-3-6-4(7-9)8(2)5/h3,5H,1H2,2H3/q+1. The van der Waals surface area contributed by atoms with Crippen LogP contribution in [0.5, 0.6) is 0 Å². The van der Waals surface area contributed by atoms with Gasteiger partial charge in [0.2, 0.25) is 0 Å². The molecular weight excluding hydrogens is 120 g/mol. The molecule has 0 unspecified atom stereocenters. The molecule has 0 fully saturated rings. The highest BCUT2D eigenvalue weighted by atomic mass is 16.3. The van der Waals surface area contributed by atoms with Crippen LogP contribution in [0.25, 0.3) is 0 Å². The van der Waals surface area contributed by atoms with E-state index in [0.717, 1.165) is 10.9 Å². The molecule has 0 radical (unpaired) electrons. The molecule has 0 aliphatic carbocycles. The van der Waals surface area contributed by atoms with Crippen molar-refractivity contribution in [3.8, 4) is 0 Å². The number of aliphatic imine (C=N–C) groups is 1. The first-order valence-electron chi connectivity index (χ1n) is 2.19. The third-order valence-corrected chi connectivity index (χ3v) is 0.588. The highest BCUT2D eigenvalue weighted by molar-refractivity contribution is 5.71. The van der Waals surface area contributed by atoms with Crippen molar-refractivity contribution in [2.24, 2.45) is 10.2 Å². The molecule has 1 N–H and O–H groups in total. The quantitative estimate of drug-likeness (QED) is 0.184. The van der Waals surface area contributed by atoms with Crippen molar-refractivity contribution < 1.29 is 4.70 Å². The van der Waals surface area contributed by atoms with Gasteiger partial charge >= 0.3 is 5.96 Å². The van der Waals surface area contributed by atoms with Crippen molar-refractivity contribution in [3.05, 3.63) is 17.7 Å². The van der Waals surface area contributed by atoms with Gasteiger partial charge in [-0.3, -0.25) is 0 Å². The molecular formula is C4H7N4O+. The maximum Gasteiger partial charge on any atom is 0.494 e. The first kappa shape index (κ1) is 7.61. The van der Waals surface area contributed by atoms with E-state index in [1.807, 2.05) is 0 Å². The first-order valence-corrected chi connectivity index (χ1v) is 2.19. The van der Waals surface area contributed by atoms with Gasteiger partial charge < -0.3 is 0 Å². The summed E-state index contributed by atoms with van der Waals surface area (Å²) < 4.78 is 0.759. The maximum atomic E-state index is 9.75. The summed E-state index contributed by atoms with van der Waals surface area (Å²) in [4.78, 5) is 13.1. The summed E-state index contributed by atoms with van der Waals surface area (Å²) in [5.41, 5.74) is 6.80. The summed E-state index contributed by atoms with van der Waals surface area (Å²) in [5, 5.41) is 2.44. The van der Waals surface area contributed by atoms with Gasteiger partial charge in [-0.25, -0.2) is 0 Å². The van der Waals surface area contributed by atoms with Gasteiger partial charge in [-0.05, 0) is 0 Å². The minimum Gasteiger partial charge on any atom is -0.164 e. The number of rotatable bonds is 1. The summed E-state index contributed by atoms with van der Waals surface area (Å²) in [7, 11) is 1.35. The molecule has 0 bridgehead atoms. The minimum atomic E-state index is -0.204. The van der Waals surface area contributed by atoms with E-state index in [1.165, 1.54) is 7.05 Å². The molecule has 0 rings (SSSR count). The summed E-state index contributed by atoms with van der Waals surface area (Å²) in [6.45, 7) is 3.23. The van der Waals surface area contributed by atoms with Crippen LogP contribution >= 0.6 is 0 Å². The Morgan fingerprint density at radius 3 is 2.56 bits per heavy atom. The van der Waals surface area contributed by atoms with E-state index in [2.05, 4.69) is 16.7 Å². The topological polar surface area (TPSA) is 68.7 Å². The van der Waals surface area contributed by atoms with Crippen LogP contribution in [0.15, 0.2) is 22.9 Å². The molecule has 0 aromatic carbocycles. The number of nitroso groups, excluding NO2 is 1. The predicted molar refractivity (Wildman–Crippen MR) is 32.3 cm³/mol. The Morgan fingerprint density at radius 1 is 1.89 bits per heavy atom. The van der Waals surface area contributed by atoms with Crippen molar-refractivity contribution in [2.45, 2.75) is 0 Å². The van der Waals surface area contributed by atoms with Gasteiger partial charge in [0.05, 0.1) is 13.2 Å². The SMILES string of the molecule is C=CN=C(N=O)[N+](C)=N. The smallest absolute Gasteiger partial charge is 0.164 e. The second-order valence-corrected chi connectivity index (χ2v) is 1.26. The first-order chi connectivity index (χ1) is 4.22. The van der Waals surface area contributed by atoms with Gasteiger partial charge in [0.1, 0.15) is 0 Å². The van der Waals surface area contributed by atoms with E-state index in [9.17, 15) is 4.91 Å². The molecule has 0 aromatic rings. The molecule has 5 nitrogen and oxygen atoms in total. The largest absolute Gasteiger partial charge is 0.494 e. The van der Waals surface area contributed by atoms with Gasteiger partial charge in [-0.1, -0.05) is 16.5 Å². The summed E-state index contributed by atoms with van der Waals surface area (Å²) in [5.74, 6) is -0.204. The summed E-state index contributed by atoms with van der Waals surface area (Å²) in [6, 6.07) is 0. The fourth-order valence-corrected chi connectivity index (χ4v) is 0.253. The van der Waals surface area contributed by atoms with Gasteiger partial charge in [0.15, 0.2) is 5.18 Å². The lowest BCUT2D eigenvalue weighted by Gasteiger charge is -1.79. The summed E-state index contributed by atoms with van der Waals surface area (Å²) >= 11 is 0. The average molecular weight is 127 g/mol. The van der Waals surface area contributed by atoms with Crippen LogP contribution in [-0.2, 0) is 0 Å². The van der Waals surface area contributed by atoms with Crippen molar-refractivity contribution in [1.82, 2.24) is 0 Å². The highest BCUT2D eigenvalue weighted by Gasteiger charge is 2.08. The lowest BCUT2D eigenvalue weighted by molar-refractivity contribution is -0.475. The van der Waals surface area contributed by atoms with Crippen molar-refractivity contribution in [1.29, 1.82) is 5.53 Å². The Bertz CT molecular complexity index is 171. The molecule has 48 valence electrons. The number of hydrogen-bond donors (Lipinski definition) is 1. The second-order valence-electron chi connectivity index (χ2n) is 1.26. The molecule has 0 amide bonds. The zero-order valence-electron chi connectivity index (χ0n) is 5.03. The average Bonchev–Trinajstić information content (AvgIpc) is 1.82. The van der Waals surface area contributed by atoms with Crippen LogP contribution in [0, 0.1) is 10.4 Å². The van der Waals surface area contributed by atoms with Crippen LogP contribution in [-0.4, -0.2) is 17.7 Å². The van der Waals surface area contributed by atoms with E-state index in [1.54, 1.807) is 0 Å². The zero-order valence-corrected chi connectivity index (χ0v) is 5.03. The maximum absolute atomic E-state index is 9.75. The normalized spacial score (nSPS) is 10.6. The number of nitrogens with zero attached hydrogens (tertiary/aromatic N) is 3. The van der Waals surface area contributed by atoms with Gasteiger partial charge in [-0.15, -0.1) is 4.70 Å². The van der Waals surface area contributed by atoms with E-state index < -0.39 is 0 Å². The highest BCUT2D eigenvalue weighted by Crippen LogP contribution is 1.80. The van der Waals surface area contributed by atoms with Crippen molar-refractivity contribution >= 4 is 5.96 Å². The molecule has 0 heterocycles. The van der Waals surface area contributed by atoms with Gasteiger partial charge in [0.25, 0.3) is 0 Å². The molecule has 0 saturated carbocycles. The van der Waals surface area contributed by atoms with Crippen LogP contribution in [0.2, 0.25) is 0 Å². The van der Waals surface area contributed by atoms with E-state index in [-0.39, 0.29) is 5.96 Å². The molecule has 0 atom stereocenters. The van der Waals surface area contributed by atoms with E-state index >= 15 is 0 Å². The lowest BCUT2D eigenvalue weighted by atomic mass is 10.9. The Hall–Kier alpha value is -1.39. The molecule has 0 spiro atoms. The van der Waals surface area contributed by atoms with Crippen LogP contribution in [0.3, 0.4) is 0 Å². The molecule has 0 aliphatic heterocycles. The Balaban J connectivity index is 4.32. The molecule has 9 heavy (non-hydrogen) atoms. The molecule has 0 aromatic heterocycles. The zero-order chi connectivity index (χ0) is 7.28. The van der Waals surface area contributed by atoms with E-state index in [0.29, 0.717) is 0 Å². The number of nitrogens with one attached hydrogen (secondary N) is 1. The van der Waals surface area contributed by atoms with Crippen LogP contribution < -0.4 is 0 Å². The third-order valence-electron chi connectivity index (χ3n) is 0.588. The molecule has 0 aliphatic rings. The molecule has 5 heteroatoms. The van der Waals surface area contributed by atoms with Crippen LogP contribution in [0.4, 0.5) is 0 Å². The predicted octanol–water partition coefficient (Wildman–Crippen LogP) is 0.926. The minimum absolute atomic E-state index is 0.204. The Morgan fingerprint density at radius 2 is 2.44 bits per heavy atom. The summed E-state index contributed by atoms with van der Waals surface area (Å²) in [6.07, 6.45) is 1.15. The van der Waals surface area contributed by atoms with Gasteiger partial charge in [0, 0.05) is 0 Å². The second kappa shape index (κ2) is 3.59. The fraction of sp³-hybridized carbons (Fsp3) is 0.250. The molecule has 0 saturated heterocycles. The van der Waals surface area contributed by atoms with Gasteiger partial charge in [-0.2, -0.15) is 5.53 Å². The van der Waals surface area contributed by atoms with Crippen molar-refractivity contribution in [2.75, 3.05) is 7.05 Å². The number of hydrogen-bond acceptors (Lipinski definition) is 3.